The molecule has 0 fully saturated rings. The fourth-order valence-electron chi connectivity index (χ4n) is 1.71. The van der Waals surface area contributed by atoms with Crippen molar-refractivity contribution in [2.24, 2.45) is 5.14 Å². The second-order valence-corrected chi connectivity index (χ2v) is 5.41. The maximum absolute atomic E-state index is 11.0. The lowest BCUT2D eigenvalue weighted by Gasteiger charge is -2.13. The molecule has 0 bridgehead atoms. The smallest absolute Gasteiger partial charge is 0.238 e. The number of anilines is 1. The van der Waals surface area contributed by atoms with Crippen molar-refractivity contribution in [2.75, 3.05) is 5.32 Å². The average Bonchev–Trinajstić information content (AvgIpc) is 2.70. The van der Waals surface area contributed by atoms with Crippen LogP contribution in [0.4, 0.5) is 5.69 Å². The van der Waals surface area contributed by atoms with Gasteiger partial charge in [-0.25, -0.2) is 13.6 Å². The van der Waals surface area contributed by atoms with Crippen molar-refractivity contribution < 1.29 is 8.42 Å². The molecule has 5 heteroatoms. The lowest BCUT2D eigenvalue weighted by Crippen LogP contribution is -2.15. The molecule has 0 saturated carbocycles. The molecule has 16 heavy (non-hydrogen) atoms. The van der Waals surface area contributed by atoms with E-state index in [0.29, 0.717) is 6.04 Å². The molecule has 0 saturated heterocycles. The summed E-state index contributed by atoms with van der Waals surface area (Å²) in [5, 5.41) is 8.33. The number of sulfonamides is 1. The maximum atomic E-state index is 11.0. The van der Waals surface area contributed by atoms with E-state index in [2.05, 4.69) is 17.5 Å². The third kappa shape index (κ3) is 2.62. The molecule has 0 amide bonds. The van der Waals surface area contributed by atoms with Gasteiger partial charge in [-0.2, -0.15) is 0 Å². The minimum absolute atomic E-state index is 0.141. The van der Waals surface area contributed by atoms with Gasteiger partial charge in [0.2, 0.25) is 10.0 Å². The highest BCUT2D eigenvalue weighted by Crippen LogP contribution is 2.18. The third-order valence-corrected chi connectivity index (χ3v) is 3.49. The molecule has 1 aromatic rings. The minimum Gasteiger partial charge on any atom is -0.382 e. The molecule has 0 heterocycles. The van der Waals surface area contributed by atoms with Crippen LogP contribution in [-0.2, 0) is 10.0 Å². The summed E-state index contributed by atoms with van der Waals surface area (Å²) in [7, 11) is -3.59. The van der Waals surface area contributed by atoms with E-state index in [1.807, 2.05) is 0 Å². The van der Waals surface area contributed by atoms with Gasteiger partial charge < -0.3 is 5.32 Å². The highest BCUT2D eigenvalue weighted by atomic mass is 32.2. The predicted octanol–water partition coefficient (Wildman–Crippen LogP) is 1.46. The Morgan fingerprint density at radius 3 is 2.19 bits per heavy atom. The van der Waals surface area contributed by atoms with Gasteiger partial charge in [0.05, 0.1) is 4.90 Å². The van der Waals surface area contributed by atoms with Gasteiger partial charge in [0, 0.05) is 11.7 Å². The van der Waals surface area contributed by atoms with E-state index in [1.165, 1.54) is 12.1 Å². The fraction of sp³-hybridized carbons (Fsp3) is 0.273. The van der Waals surface area contributed by atoms with Crippen LogP contribution in [0.15, 0.2) is 41.3 Å². The van der Waals surface area contributed by atoms with Crippen LogP contribution in [-0.4, -0.2) is 14.5 Å². The Hall–Kier alpha value is -1.33. The standard InChI is InChI=1S/C11H14N2O2S/c12-16(14,15)11-7-5-10(6-8-11)13-9-3-1-2-4-9/h1-2,5-9,13H,3-4H2,(H2,12,14,15). The summed E-state index contributed by atoms with van der Waals surface area (Å²) in [5.41, 5.74) is 0.918. The highest BCUT2D eigenvalue weighted by Gasteiger charge is 2.10. The summed E-state index contributed by atoms with van der Waals surface area (Å²) in [4.78, 5) is 0.141. The molecule has 0 radical (unpaired) electrons. The molecule has 1 aromatic carbocycles. The lowest BCUT2D eigenvalue weighted by atomic mass is 10.2. The first-order chi connectivity index (χ1) is 7.55. The van der Waals surface area contributed by atoms with Crippen molar-refractivity contribution in [3.8, 4) is 0 Å². The molecular formula is C11H14N2O2S. The second kappa shape index (κ2) is 4.27. The molecule has 4 nitrogen and oxygen atoms in total. The van der Waals surface area contributed by atoms with Crippen LogP contribution in [0, 0.1) is 0 Å². The first kappa shape index (κ1) is 11.2. The summed E-state index contributed by atoms with van der Waals surface area (Å²) in [6, 6.07) is 6.91. The zero-order valence-electron chi connectivity index (χ0n) is 8.76. The van der Waals surface area contributed by atoms with Crippen LogP contribution in [0.2, 0.25) is 0 Å². The first-order valence-electron chi connectivity index (χ1n) is 5.10. The zero-order valence-corrected chi connectivity index (χ0v) is 9.57. The van der Waals surface area contributed by atoms with Gasteiger partial charge in [-0.15, -0.1) is 0 Å². The van der Waals surface area contributed by atoms with E-state index in [0.717, 1.165) is 18.5 Å². The van der Waals surface area contributed by atoms with Crippen LogP contribution >= 0.6 is 0 Å². The van der Waals surface area contributed by atoms with E-state index in [4.69, 9.17) is 5.14 Å². The van der Waals surface area contributed by atoms with Gasteiger partial charge in [-0.3, -0.25) is 0 Å². The number of benzene rings is 1. The molecule has 0 aromatic heterocycles. The number of hydrogen-bond donors (Lipinski definition) is 2. The molecule has 0 atom stereocenters. The quantitative estimate of drug-likeness (QED) is 0.783. The molecule has 1 aliphatic carbocycles. The van der Waals surface area contributed by atoms with E-state index >= 15 is 0 Å². The van der Waals surface area contributed by atoms with Crippen LogP contribution in [0.3, 0.4) is 0 Å². The van der Waals surface area contributed by atoms with Crippen molar-refractivity contribution in [3.63, 3.8) is 0 Å². The third-order valence-electron chi connectivity index (χ3n) is 2.56. The summed E-state index contributed by atoms with van der Waals surface area (Å²) < 4.78 is 22.1. The van der Waals surface area contributed by atoms with Crippen molar-refractivity contribution in [2.45, 2.75) is 23.8 Å². The molecule has 2 rings (SSSR count). The number of hydrogen-bond acceptors (Lipinski definition) is 3. The number of nitrogens with one attached hydrogen (secondary N) is 1. The first-order valence-corrected chi connectivity index (χ1v) is 6.65. The van der Waals surface area contributed by atoms with E-state index in [9.17, 15) is 8.42 Å². The Balaban J connectivity index is 2.07. The van der Waals surface area contributed by atoms with Gasteiger partial charge in [-0.1, -0.05) is 12.2 Å². The predicted molar refractivity (Wildman–Crippen MR) is 63.6 cm³/mol. The topological polar surface area (TPSA) is 72.2 Å². The van der Waals surface area contributed by atoms with Crippen LogP contribution < -0.4 is 10.5 Å². The van der Waals surface area contributed by atoms with Crippen molar-refractivity contribution in [1.82, 2.24) is 0 Å². The van der Waals surface area contributed by atoms with Crippen molar-refractivity contribution in [1.29, 1.82) is 0 Å². The molecule has 3 N–H and O–H groups in total. The molecule has 0 aliphatic heterocycles. The normalized spacial score (nSPS) is 16.6. The van der Waals surface area contributed by atoms with E-state index in [1.54, 1.807) is 12.1 Å². The summed E-state index contributed by atoms with van der Waals surface area (Å²) >= 11 is 0. The largest absolute Gasteiger partial charge is 0.382 e. The summed E-state index contributed by atoms with van der Waals surface area (Å²) in [6.45, 7) is 0. The Morgan fingerprint density at radius 2 is 1.69 bits per heavy atom. The van der Waals surface area contributed by atoms with Crippen LogP contribution in [0.1, 0.15) is 12.8 Å². The lowest BCUT2D eigenvalue weighted by molar-refractivity contribution is 0.598. The van der Waals surface area contributed by atoms with Gasteiger partial charge in [-0.05, 0) is 37.1 Å². The minimum atomic E-state index is -3.59. The second-order valence-electron chi connectivity index (χ2n) is 3.85. The van der Waals surface area contributed by atoms with E-state index in [-0.39, 0.29) is 4.90 Å². The molecule has 1 aliphatic rings. The van der Waals surface area contributed by atoms with Gasteiger partial charge in [0.15, 0.2) is 0 Å². The van der Waals surface area contributed by atoms with Gasteiger partial charge in [0.1, 0.15) is 0 Å². The number of primary sulfonamides is 1. The SMILES string of the molecule is NS(=O)(=O)c1ccc(NC2CC=CC2)cc1. The highest BCUT2D eigenvalue weighted by molar-refractivity contribution is 7.89. The molecule has 0 spiro atoms. The summed E-state index contributed by atoms with van der Waals surface area (Å²) in [6.07, 6.45) is 6.29. The van der Waals surface area contributed by atoms with Gasteiger partial charge in [0.25, 0.3) is 0 Å². The Kier molecular flexibility index (Phi) is 2.98. The Labute approximate surface area is 95.2 Å². The monoisotopic (exact) mass is 238 g/mol. The Morgan fingerprint density at radius 1 is 1.12 bits per heavy atom. The molecule has 0 unspecified atom stereocenters. The van der Waals surface area contributed by atoms with Crippen LogP contribution in [0.5, 0.6) is 0 Å². The van der Waals surface area contributed by atoms with Crippen molar-refractivity contribution >= 4 is 15.7 Å². The molecular weight excluding hydrogens is 224 g/mol. The average molecular weight is 238 g/mol. The molecule has 86 valence electrons. The number of rotatable bonds is 3. The zero-order chi connectivity index (χ0) is 11.6. The van der Waals surface area contributed by atoms with Crippen LogP contribution in [0.25, 0.3) is 0 Å². The summed E-state index contributed by atoms with van der Waals surface area (Å²) in [5.74, 6) is 0. The van der Waals surface area contributed by atoms with E-state index < -0.39 is 10.0 Å². The van der Waals surface area contributed by atoms with Gasteiger partial charge >= 0.3 is 0 Å². The Bertz CT molecular complexity index is 483. The maximum Gasteiger partial charge on any atom is 0.238 e. The van der Waals surface area contributed by atoms with Crippen molar-refractivity contribution in [3.05, 3.63) is 36.4 Å². The number of nitrogens with two attached hydrogens (primary N) is 1. The fourth-order valence-corrected chi connectivity index (χ4v) is 2.23.